The molecule has 0 amide bonds. The average molecular weight is 234 g/mol. The predicted octanol–water partition coefficient (Wildman–Crippen LogP) is 1.80. The quantitative estimate of drug-likeness (QED) is 0.866. The van der Waals surface area contributed by atoms with Crippen LogP contribution in [0.25, 0.3) is 0 Å². The Morgan fingerprint density at radius 3 is 2.29 bits per heavy atom. The van der Waals surface area contributed by atoms with Crippen molar-refractivity contribution in [3.8, 4) is 0 Å². The van der Waals surface area contributed by atoms with E-state index in [-0.39, 0.29) is 0 Å². The van der Waals surface area contributed by atoms with Crippen molar-refractivity contribution >= 4 is 5.69 Å². The predicted molar refractivity (Wildman–Crippen MR) is 71.4 cm³/mol. The van der Waals surface area contributed by atoms with E-state index in [1.807, 2.05) is 0 Å². The second kappa shape index (κ2) is 5.52. The fraction of sp³-hybridized carbons (Fsp3) is 0.571. The van der Waals surface area contributed by atoms with E-state index in [0.29, 0.717) is 18.8 Å². The molecule has 0 unspecified atom stereocenters. The number of nitrogens with two attached hydrogens (primary N) is 1. The summed E-state index contributed by atoms with van der Waals surface area (Å²) >= 11 is 0. The zero-order valence-corrected chi connectivity index (χ0v) is 10.7. The molecule has 3 nitrogen and oxygen atoms in total. The van der Waals surface area contributed by atoms with Crippen molar-refractivity contribution in [2.45, 2.75) is 32.5 Å². The van der Waals surface area contributed by atoms with E-state index in [2.05, 4.69) is 43.0 Å². The smallest absolute Gasteiger partial charge is 0.0726 e. The molecule has 0 saturated carbocycles. The Hall–Kier alpha value is -1.06. The molecular formula is C14H22N2O. The minimum atomic E-state index is 0.308. The molecule has 1 fully saturated rings. The van der Waals surface area contributed by atoms with Crippen molar-refractivity contribution in [3.05, 3.63) is 29.8 Å². The van der Waals surface area contributed by atoms with Gasteiger partial charge in [0, 0.05) is 18.8 Å². The van der Waals surface area contributed by atoms with Crippen LogP contribution < -0.4 is 10.6 Å². The summed E-state index contributed by atoms with van der Waals surface area (Å²) in [5.74, 6) is 0. The number of morpholine rings is 1. The van der Waals surface area contributed by atoms with Crippen LogP contribution in [-0.2, 0) is 11.2 Å². The van der Waals surface area contributed by atoms with Crippen molar-refractivity contribution in [1.29, 1.82) is 0 Å². The molecule has 1 aliphatic rings. The lowest BCUT2D eigenvalue weighted by Crippen LogP contribution is -2.45. The molecule has 0 bridgehead atoms. The van der Waals surface area contributed by atoms with E-state index in [1.54, 1.807) is 0 Å². The first-order chi connectivity index (χ1) is 8.19. The Morgan fingerprint density at radius 2 is 1.76 bits per heavy atom. The molecular weight excluding hydrogens is 212 g/mol. The summed E-state index contributed by atoms with van der Waals surface area (Å²) in [4.78, 5) is 2.39. The summed E-state index contributed by atoms with van der Waals surface area (Å²) in [6, 6.07) is 8.73. The lowest BCUT2D eigenvalue weighted by atomic mass is 10.1. The lowest BCUT2D eigenvalue weighted by Gasteiger charge is -2.36. The van der Waals surface area contributed by atoms with Crippen molar-refractivity contribution in [2.24, 2.45) is 5.73 Å². The number of hydrogen-bond donors (Lipinski definition) is 1. The number of rotatable bonds is 3. The maximum absolute atomic E-state index is 5.74. The average Bonchev–Trinajstić information content (AvgIpc) is 2.29. The fourth-order valence-electron chi connectivity index (χ4n) is 2.43. The third-order valence-electron chi connectivity index (χ3n) is 3.15. The summed E-state index contributed by atoms with van der Waals surface area (Å²) in [7, 11) is 0. The normalized spacial score (nSPS) is 25.0. The Labute approximate surface area is 104 Å². The Morgan fingerprint density at radius 1 is 1.18 bits per heavy atom. The summed E-state index contributed by atoms with van der Waals surface area (Å²) in [5, 5.41) is 0. The minimum Gasteiger partial charge on any atom is -0.372 e. The van der Waals surface area contributed by atoms with Crippen molar-refractivity contribution in [1.82, 2.24) is 0 Å². The van der Waals surface area contributed by atoms with Gasteiger partial charge in [0.25, 0.3) is 0 Å². The van der Waals surface area contributed by atoms with Gasteiger partial charge in [0.2, 0.25) is 0 Å². The van der Waals surface area contributed by atoms with Gasteiger partial charge in [-0.15, -0.1) is 0 Å². The zero-order chi connectivity index (χ0) is 12.3. The van der Waals surface area contributed by atoms with Crippen LogP contribution in [0.4, 0.5) is 5.69 Å². The fourth-order valence-corrected chi connectivity index (χ4v) is 2.43. The van der Waals surface area contributed by atoms with Gasteiger partial charge in [-0.1, -0.05) is 12.1 Å². The summed E-state index contributed by atoms with van der Waals surface area (Å²) in [6.07, 6.45) is 1.57. The highest BCUT2D eigenvalue weighted by Gasteiger charge is 2.22. The molecule has 1 aliphatic heterocycles. The minimum absolute atomic E-state index is 0.308. The maximum Gasteiger partial charge on any atom is 0.0726 e. The molecule has 1 aromatic rings. The van der Waals surface area contributed by atoms with Gasteiger partial charge in [-0.2, -0.15) is 0 Å². The molecule has 3 heteroatoms. The molecule has 1 saturated heterocycles. The number of hydrogen-bond acceptors (Lipinski definition) is 3. The number of nitrogens with zero attached hydrogens (tertiary/aromatic N) is 1. The molecule has 2 atom stereocenters. The molecule has 17 heavy (non-hydrogen) atoms. The van der Waals surface area contributed by atoms with E-state index < -0.39 is 0 Å². The second-order valence-electron chi connectivity index (χ2n) is 4.87. The number of ether oxygens (including phenoxy) is 1. The van der Waals surface area contributed by atoms with Gasteiger partial charge in [0.15, 0.2) is 0 Å². The first-order valence-corrected chi connectivity index (χ1v) is 6.38. The zero-order valence-electron chi connectivity index (χ0n) is 10.7. The van der Waals surface area contributed by atoms with Crippen LogP contribution >= 0.6 is 0 Å². The SMILES string of the molecule is C[C@@H]1CN(c2ccc(CCN)cc2)C[C@H](C)O1. The first-order valence-electron chi connectivity index (χ1n) is 6.38. The molecule has 1 aromatic carbocycles. The van der Waals surface area contributed by atoms with Crippen LogP contribution in [0.2, 0.25) is 0 Å². The second-order valence-corrected chi connectivity index (χ2v) is 4.87. The third-order valence-corrected chi connectivity index (χ3v) is 3.15. The largest absolute Gasteiger partial charge is 0.372 e. The molecule has 94 valence electrons. The van der Waals surface area contributed by atoms with E-state index in [1.165, 1.54) is 11.3 Å². The molecule has 1 heterocycles. The van der Waals surface area contributed by atoms with Gasteiger partial charge in [-0.3, -0.25) is 0 Å². The van der Waals surface area contributed by atoms with Crippen LogP contribution in [0.15, 0.2) is 24.3 Å². The standard InChI is InChI=1S/C14H22N2O/c1-11-9-16(10-12(2)17-11)14-5-3-13(4-6-14)7-8-15/h3-6,11-12H,7-10,15H2,1-2H3/t11-,12+. The van der Waals surface area contributed by atoms with Crippen LogP contribution in [-0.4, -0.2) is 31.8 Å². The van der Waals surface area contributed by atoms with Gasteiger partial charge in [0.1, 0.15) is 0 Å². The van der Waals surface area contributed by atoms with Crippen molar-refractivity contribution in [2.75, 3.05) is 24.5 Å². The lowest BCUT2D eigenvalue weighted by molar-refractivity contribution is -0.00521. The Kier molecular flexibility index (Phi) is 4.02. The van der Waals surface area contributed by atoms with Crippen LogP contribution in [0.1, 0.15) is 19.4 Å². The first kappa shape index (κ1) is 12.4. The molecule has 2 N–H and O–H groups in total. The molecule has 0 aliphatic carbocycles. The third kappa shape index (κ3) is 3.20. The van der Waals surface area contributed by atoms with Crippen LogP contribution in [0.5, 0.6) is 0 Å². The van der Waals surface area contributed by atoms with Crippen LogP contribution in [0.3, 0.4) is 0 Å². The summed E-state index contributed by atoms with van der Waals surface area (Å²) < 4.78 is 5.74. The number of benzene rings is 1. The number of anilines is 1. The van der Waals surface area contributed by atoms with E-state index in [9.17, 15) is 0 Å². The summed E-state index contributed by atoms with van der Waals surface area (Å²) in [6.45, 7) is 6.92. The van der Waals surface area contributed by atoms with E-state index in [4.69, 9.17) is 10.5 Å². The topological polar surface area (TPSA) is 38.5 Å². The maximum atomic E-state index is 5.74. The van der Waals surface area contributed by atoms with Crippen molar-refractivity contribution in [3.63, 3.8) is 0 Å². The van der Waals surface area contributed by atoms with Gasteiger partial charge in [-0.05, 0) is 44.5 Å². The molecule has 0 radical (unpaired) electrons. The van der Waals surface area contributed by atoms with Gasteiger partial charge in [-0.25, -0.2) is 0 Å². The van der Waals surface area contributed by atoms with E-state index in [0.717, 1.165) is 19.5 Å². The van der Waals surface area contributed by atoms with Crippen molar-refractivity contribution < 1.29 is 4.74 Å². The molecule has 0 aromatic heterocycles. The Bertz CT molecular complexity index is 340. The van der Waals surface area contributed by atoms with Gasteiger partial charge < -0.3 is 15.4 Å². The molecule has 0 spiro atoms. The van der Waals surface area contributed by atoms with E-state index >= 15 is 0 Å². The summed E-state index contributed by atoms with van der Waals surface area (Å²) in [5.41, 5.74) is 8.15. The van der Waals surface area contributed by atoms with Crippen LogP contribution in [0, 0.1) is 0 Å². The highest BCUT2D eigenvalue weighted by Crippen LogP contribution is 2.20. The Balaban J connectivity index is 2.06. The highest BCUT2D eigenvalue weighted by atomic mass is 16.5. The molecule has 2 rings (SSSR count). The van der Waals surface area contributed by atoms with Gasteiger partial charge >= 0.3 is 0 Å². The monoisotopic (exact) mass is 234 g/mol. The van der Waals surface area contributed by atoms with Gasteiger partial charge in [0.05, 0.1) is 12.2 Å². The highest BCUT2D eigenvalue weighted by molar-refractivity contribution is 5.48.